The molecule has 5 nitrogen and oxygen atoms in total. The number of rotatable bonds is 4. The third-order valence-corrected chi connectivity index (χ3v) is 2.08. The van der Waals surface area contributed by atoms with Crippen molar-refractivity contribution in [2.45, 2.75) is 26.2 Å². The molecule has 1 aromatic rings. The summed E-state index contributed by atoms with van der Waals surface area (Å²) in [6.45, 7) is 3.33. The molecule has 0 saturated carbocycles. The largest absolute Gasteiger partial charge is 0.481 e. The van der Waals surface area contributed by atoms with Crippen molar-refractivity contribution < 1.29 is 15.0 Å². The number of imidazole rings is 1. The third-order valence-electron chi connectivity index (χ3n) is 2.08. The van der Waals surface area contributed by atoms with E-state index in [0.29, 0.717) is 23.6 Å². The summed E-state index contributed by atoms with van der Waals surface area (Å²) in [6, 6.07) is 0. The van der Waals surface area contributed by atoms with E-state index < -0.39 is 11.9 Å². The van der Waals surface area contributed by atoms with E-state index in [2.05, 4.69) is 9.97 Å². The maximum atomic E-state index is 10.8. The van der Waals surface area contributed by atoms with Gasteiger partial charge in [-0.25, -0.2) is 4.98 Å². The van der Waals surface area contributed by atoms with Crippen LogP contribution in [0.4, 0.5) is 0 Å². The van der Waals surface area contributed by atoms with Crippen LogP contribution >= 0.6 is 0 Å². The van der Waals surface area contributed by atoms with E-state index in [-0.39, 0.29) is 6.61 Å². The smallest absolute Gasteiger partial charge is 0.312 e. The SMILES string of the molecule is Cc1nc(CCO)c(C(C)C(=O)O)[nH]1. The zero-order valence-corrected chi connectivity index (χ0v) is 8.24. The number of aromatic amines is 1. The molecule has 0 fully saturated rings. The standard InChI is InChI=1S/C9H14N2O3/c1-5(9(13)14)8-7(3-4-12)10-6(2)11-8/h5,12H,3-4H2,1-2H3,(H,10,11)(H,13,14). The van der Waals surface area contributed by atoms with Gasteiger partial charge in [-0.3, -0.25) is 4.79 Å². The monoisotopic (exact) mass is 198 g/mol. The Kier molecular flexibility index (Phi) is 3.24. The van der Waals surface area contributed by atoms with Crippen molar-refractivity contribution in [3.8, 4) is 0 Å². The molecule has 1 aromatic heterocycles. The van der Waals surface area contributed by atoms with Crippen molar-refractivity contribution in [1.82, 2.24) is 9.97 Å². The summed E-state index contributed by atoms with van der Waals surface area (Å²) in [5, 5.41) is 17.6. The quantitative estimate of drug-likeness (QED) is 0.655. The molecule has 1 heterocycles. The van der Waals surface area contributed by atoms with Gasteiger partial charge in [-0.15, -0.1) is 0 Å². The van der Waals surface area contributed by atoms with Gasteiger partial charge in [0.1, 0.15) is 5.82 Å². The summed E-state index contributed by atoms with van der Waals surface area (Å²) in [5.74, 6) is -0.831. The summed E-state index contributed by atoms with van der Waals surface area (Å²) >= 11 is 0. The van der Waals surface area contributed by atoms with Crippen molar-refractivity contribution in [2.75, 3.05) is 6.61 Å². The van der Waals surface area contributed by atoms with Gasteiger partial charge in [0.15, 0.2) is 0 Å². The molecule has 0 amide bonds. The van der Waals surface area contributed by atoms with Gasteiger partial charge in [0.05, 0.1) is 17.3 Å². The number of H-pyrrole nitrogens is 1. The first-order chi connectivity index (χ1) is 6.56. The van der Waals surface area contributed by atoms with Crippen LogP contribution in [0.15, 0.2) is 0 Å². The maximum absolute atomic E-state index is 10.8. The second-order valence-corrected chi connectivity index (χ2v) is 3.22. The number of carboxylic acid groups (broad SMARTS) is 1. The normalized spacial score (nSPS) is 12.8. The van der Waals surface area contributed by atoms with Crippen LogP contribution in [0.1, 0.15) is 30.1 Å². The van der Waals surface area contributed by atoms with Crippen LogP contribution in [-0.2, 0) is 11.2 Å². The number of carboxylic acids is 1. The molecule has 0 saturated heterocycles. The number of carbonyl (C=O) groups is 1. The molecule has 14 heavy (non-hydrogen) atoms. The van der Waals surface area contributed by atoms with Crippen molar-refractivity contribution in [2.24, 2.45) is 0 Å². The lowest BCUT2D eigenvalue weighted by molar-refractivity contribution is -0.138. The highest BCUT2D eigenvalue weighted by Gasteiger charge is 2.20. The number of hydrogen-bond acceptors (Lipinski definition) is 3. The lowest BCUT2D eigenvalue weighted by Crippen LogP contribution is -2.10. The number of nitrogens with one attached hydrogen (secondary N) is 1. The molecule has 78 valence electrons. The topological polar surface area (TPSA) is 86.2 Å². The lowest BCUT2D eigenvalue weighted by atomic mass is 10.1. The maximum Gasteiger partial charge on any atom is 0.312 e. The average molecular weight is 198 g/mol. The molecule has 1 unspecified atom stereocenters. The molecule has 0 bridgehead atoms. The van der Waals surface area contributed by atoms with Crippen molar-refractivity contribution >= 4 is 5.97 Å². The summed E-state index contributed by atoms with van der Waals surface area (Å²) < 4.78 is 0. The molecule has 0 aliphatic rings. The highest BCUT2D eigenvalue weighted by atomic mass is 16.4. The average Bonchev–Trinajstić information content (AvgIpc) is 2.46. The zero-order chi connectivity index (χ0) is 10.7. The van der Waals surface area contributed by atoms with Crippen molar-refractivity contribution in [3.63, 3.8) is 0 Å². The fourth-order valence-electron chi connectivity index (χ4n) is 1.34. The van der Waals surface area contributed by atoms with Gasteiger partial charge >= 0.3 is 5.97 Å². The van der Waals surface area contributed by atoms with Gasteiger partial charge < -0.3 is 15.2 Å². The van der Waals surface area contributed by atoms with E-state index in [1.54, 1.807) is 13.8 Å². The summed E-state index contributed by atoms with van der Waals surface area (Å²) in [4.78, 5) is 17.8. The van der Waals surface area contributed by atoms with E-state index in [0.717, 1.165) is 0 Å². The first-order valence-corrected chi connectivity index (χ1v) is 4.45. The Morgan fingerprint density at radius 3 is 2.79 bits per heavy atom. The minimum Gasteiger partial charge on any atom is -0.481 e. The first kappa shape index (κ1) is 10.7. The Bertz CT molecular complexity index is 333. The molecule has 0 aromatic carbocycles. The molecule has 0 aliphatic heterocycles. The number of aliphatic carboxylic acids is 1. The molecular weight excluding hydrogens is 184 g/mol. The molecule has 1 atom stereocenters. The van der Waals surface area contributed by atoms with Gasteiger partial charge in [-0.2, -0.15) is 0 Å². The molecule has 3 N–H and O–H groups in total. The van der Waals surface area contributed by atoms with Crippen molar-refractivity contribution in [3.05, 3.63) is 17.2 Å². The van der Waals surface area contributed by atoms with Crippen LogP contribution in [0.5, 0.6) is 0 Å². The molecule has 5 heteroatoms. The van der Waals surface area contributed by atoms with Crippen LogP contribution in [0.25, 0.3) is 0 Å². The Morgan fingerprint density at radius 1 is 1.64 bits per heavy atom. The third kappa shape index (κ3) is 2.11. The van der Waals surface area contributed by atoms with Gasteiger partial charge in [-0.1, -0.05) is 0 Å². The lowest BCUT2D eigenvalue weighted by Gasteiger charge is -2.05. The Hall–Kier alpha value is -1.36. The number of hydrogen-bond donors (Lipinski definition) is 3. The second kappa shape index (κ2) is 4.23. The summed E-state index contributed by atoms with van der Waals surface area (Å²) in [6.07, 6.45) is 0.386. The summed E-state index contributed by atoms with van der Waals surface area (Å²) in [7, 11) is 0. The highest BCUT2D eigenvalue weighted by Crippen LogP contribution is 2.18. The predicted octanol–water partition coefficient (Wildman–Crippen LogP) is 0.441. The number of nitrogens with zero attached hydrogens (tertiary/aromatic N) is 1. The number of aliphatic hydroxyl groups excluding tert-OH is 1. The Balaban J connectivity index is 2.99. The van der Waals surface area contributed by atoms with Crippen LogP contribution in [0.2, 0.25) is 0 Å². The van der Waals surface area contributed by atoms with E-state index in [1.807, 2.05) is 0 Å². The zero-order valence-electron chi connectivity index (χ0n) is 8.24. The van der Waals surface area contributed by atoms with Crippen LogP contribution in [0, 0.1) is 6.92 Å². The number of aromatic nitrogens is 2. The fraction of sp³-hybridized carbons (Fsp3) is 0.556. The minimum atomic E-state index is -0.896. The number of aliphatic hydroxyl groups is 1. The molecule has 0 radical (unpaired) electrons. The first-order valence-electron chi connectivity index (χ1n) is 4.45. The minimum absolute atomic E-state index is 0.0242. The predicted molar refractivity (Wildman–Crippen MR) is 50.2 cm³/mol. The van der Waals surface area contributed by atoms with Crippen LogP contribution in [-0.4, -0.2) is 32.8 Å². The van der Waals surface area contributed by atoms with E-state index >= 15 is 0 Å². The molecule has 0 spiro atoms. The van der Waals surface area contributed by atoms with Gasteiger partial charge in [0.2, 0.25) is 0 Å². The van der Waals surface area contributed by atoms with E-state index in [9.17, 15) is 4.79 Å². The highest BCUT2D eigenvalue weighted by molar-refractivity contribution is 5.75. The van der Waals surface area contributed by atoms with Gasteiger partial charge in [0.25, 0.3) is 0 Å². The fourth-order valence-corrected chi connectivity index (χ4v) is 1.34. The molecule has 1 rings (SSSR count). The van der Waals surface area contributed by atoms with Crippen LogP contribution < -0.4 is 0 Å². The number of aryl methyl sites for hydroxylation is 1. The van der Waals surface area contributed by atoms with E-state index in [1.165, 1.54) is 0 Å². The van der Waals surface area contributed by atoms with Gasteiger partial charge in [-0.05, 0) is 13.8 Å². The second-order valence-electron chi connectivity index (χ2n) is 3.22. The Morgan fingerprint density at radius 2 is 2.29 bits per heavy atom. The van der Waals surface area contributed by atoms with Crippen molar-refractivity contribution in [1.29, 1.82) is 0 Å². The van der Waals surface area contributed by atoms with E-state index in [4.69, 9.17) is 10.2 Å². The summed E-state index contributed by atoms with van der Waals surface area (Å²) in [5.41, 5.74) is 1.23. The molecule has 0 aliphatic carbocycles. The Labute approximate surface area is 81.8 Å². The molecular formula is C9H14N2O3. The van der Waals surface area contributed by atoms with Crippen LogP contribution in [0.3, 0.4) is 0 Å². The van der Waals surface area contributed by atoms with Gasteiger partial charge in [0, 0.05) is 13.0 Å².